The molecule has 0 fully saturated rings. The standard InChI is InChI=1S/C16H14F2N4O/c17-10-4-3-5-11(18)14(10)15(23)19-8-9-20-16-21-12-6-1-2-7-13(12)22-16/h1-7H,8-9H2,(H,19,23)(H2,20,21,22). The van der Waals surface area contributed by atoms with Gasteiger partial charge in [0.2, 0.25) is 5.95 Å². The molecule has 0 unspecified atom stereocenters. The van der Waals surface area contributed by atoms with E-state index in [-0.39, 0.29) is 6.54 Å². The molecular formula is C16H14F2N4O. The van der Waals surface area contributed by atoms with Gasteiger partial charge in [-0.2, -0.15) is 0 Å². The molecule has 2 aromatic carbocycles. The van der Waals surface area contributed by atoms with E-state index >= 15 is 0 Å². The number of anilines is 1. The van der Waals surface area contributed by atoms with Gasteiger partial charge in [-0.15, -0.1) is 0 Å². The van der Waals surface area contributed by atoms with Crippen molar-refractivity contribution in [3.8, 4) is 0 Å². The molecule has 3 rings (SSSR count). The zero-order valence-corrected chi connectivity index (χ0v) is 12.1. The van der Waals surface area contributed by atoms with E-state index in [2.05, 4.69) is 20.6 Å². The topological polar surface area (TPSA) is 69.8 Å². The van der Waals surface area contributed by atoms with E-state index < -0.39 is 23.1 Å². The Morgan fingerprint density at radius 1 is 1.04 bits per heavy atom. The van der Waals surface area contributed by atoms with Crippen molar-refractivity contribution in [3.05, 3.63) is 59.7 Å². The van der Waals surface area contributed by atoms with Crippen LogP contribution in [0.15, 0.2) is 42.5 Å². The van der Waals surface area contributed by atoms with Gasteiger partial charge in [0.25, 0.3) is 5.91 Å². The lowest BCUT2D eigenvalue weighted by atomic mass is 10.2. The van der Waals surface area contributed by atoms with Crippen molar-refractivity contribution < 1.29 is 13.6 Å². The molecule has 0 aliphatic rings. The zero-order chi connectivity index (χ0) is 16.2. The molecule has 118 valence electrons. The summed E-state index contributed by atoms with van der Waals surface area (Å²) in [6.45, 7) is 0.561. The molecule has 0 aliphatic carbocycles. The first-order valence-corrected chi connectivity index (χ1v) is 7.06. The Morgan fingerprint density at radius 3 is 2.52 bits per heavy atom. The highest BCUT2D eigenvalue weighted by atomic mass is 19.1. The predicted molar refractivity (Wildman–Crippen MR) is 83.3 cm³/mol. The normalized spacial score (nSPS) is 10.7. The second-order valence-electron chi connectivity index (χ2n) is 4.88. The van der Waals surface area contributed by atoms with E-state index in [0.717, 1.165) is 23.2 Å². The Bertz CT molecular complexity index is 794. The SMILES string of the molecule is O=C(NCCNc1nc2ccccc2[nH]1)c1c(F)cccc1F. The van der Waals surface area contributed by atoms with E-state index in [1.807, 2.05) is 24.3 Å². The van der Waals surface area contributed by atoms with E-state index in [4.69, 9.17) is 0 Å². The summed E-state index contributed by atoms with van der Waals surface area (Å²) >= 11 is 0. The molecule has 0 bridgehead atoms. The van der Waals surface area contributed by atoms with E-state index in [9.17, 15) is 13.6 Å². The summed E-state index contributed by atoms with van der Waals surface area (Å²) < 4.78 is 26.9. The number of H-pyrrole nitrogens is 1. The molecule has 0 saturated heterocycles. The first-order chi connectivity index (χ1) is 11.1. The molecule has 3 N–H and O–H groups in total. The van der Waals surface area contributed by atoms with Crippen molar-refractivity contribution in [2.24, 2.45) is 0 Å². The number of fused-ring (bicyclic) bond motifs is 1. The smallest absolute Gasteiger partial charge is 0.257 e. The summed E-state index contributed by atoms with van der Waals surface area (Å²) in [5.41, 5.74) is 1.15. The van der Waals surface area contributed by atoms with Crippen LogP contribution >= 0.6 is 0 Å². The lowest BCUT2D eigenvalue weighted by molar-refractivity contribution is 0.0946. The third-order valence-corrected chi connectivity index (χ3v) is 3.28. The summed E-state index contributed by atoms with van der Waals surface area (Å²) in [6.07, 6.45) is 0. The predicted octanol–water partition coefficient (Wildman–Crippen LogP) is 2.68. The maximum absolute atomic E-state index is 13.5. The number of amides is 1. The molecule has 0 radical (unpaired) electrons. The van der Waals surface area contributed by atoms with Gasteiger partial charge in [0, 0.05) is 13.1 Å². The highest BCUT2D eigenvalue weighted by molar-refractivity contribution is 5.94. The highest BCUT2D eigenvalue weighted by Gasteiger charge is 2.16. The second-order valence-corrected chi connectivity index (χ2v) is 4.88. The molecule has 1 amide bonds. The van der Waals surface area contributed by atoms with Crippen LogP contribution in [0.1, 0.15) is 10.4 Å². The number of carbonyl (C=O) groups is 1. The van der Waals surface area contributed by atoms with Crippen LogP contribution in [-0.2, 0) is 0 Å². The average Bonchev–Trinajstić information content (AvgIpc) is 2.94. The maximum atomic E-state index is 13.5. The Hall–Kier alpha value is -2.96. The van der Waals surface area contributed by atoms with Gasteiger partial charge in [-0.25, -0.2) is 13.8 Å². The summed E-state index contributed by atoms with van der Waals surface area (Å²) in [5.74, 6) is -1.98. The van der Waals surface area contributed by atoms with Crippen LogP contribution in [0, 0.1) is 11.6 Å². The van der Waals surface area contributed by atoms with Gasteiger partial charge in [-0.3, -0.25) is 4.79 Å². The van der Waals surface area contributed by atoms with Gasteiger partial charge in [-0.1, -0.05) is 18.2 Å². The minimum Gasteiger partial charge on any atom is -0.354 e. The molecule has 23 heavy (non-hydrogen) atoms. The first kappa shape index (κ1) is 15.0. The molecule has 1 heterocycles. The fraction of sp³-hybridized carbons (Fsp3) is 0.125. The number of rotatable bonds is 5. The first-order valence-electron chi connectivity index (χ1n) is 7.06. The number of carbonyl (C=O) groups excluding carboxylic acids is 1. The fourth-order valence-corrected chi connectivity index (χ4v) is 2.20. The molecule has 0 aliphatic heterocycles. The summed E-state index contributed by atoms with van der Waals surface area (Å²) in [4.78, 5) is 19.2. The van der Waals surface area contributed by atoms with Crippen molar-refractivity contribution in [1.82, 2.24) is 15.3 Å². The van der Waals surface area contributed by atoms with Crippen LogP contribution < -0.4 is 10.6 Å². The van der Waals surface area contributed by atoms with Crippen molar-refractivity contribution in [3.63, 3.8) is 0 Å². The quantitative estimate of drug-likeness (QED) is 0.634. The molecule has 1 aromatic heterocycles. The number of nitrogens with one attached hydrogen (secondary N) is 3. The Kier molecular flexibility index (Phi) is 4.18. The van der Waals surface area contributed by atoms with Gasteiger partial charge in [0.05, 0.1) is 11.0 Å². The van der Waals surface area contributed by atoms with Gasteiger partial charge < -0.3 is 15.6 Å². The largest absolute Gasteiger partial charge is 0.354 e. The molecule has 3 aromatic rings. The minimum atomic E-state index is -0.882. The third kappa shape index (κ3) is 3.28. The lowest BCUT2D eigenvalue weighted by Crippen LogP contribution is -2.30. The summed E-state index contributed by atoms with van der Waals surface area (Å²) in [6, 6.07) is 10.9. The number of benzene rings is 2. The molecule has 7 heteroatoms. The summed E-state index contributed by atoms with van der Waals surface area (Å²) in [5, 5.41) is 5.46. The van der Waals surface area contributed by atoms with Crippen LogP contribution in [-0.4, -0.2) is 29.0 Å². The molecule has 5 nitrogen and oxygen atoms in total. The fourth-order valence-electron chi connectivity index (χ4n) is 2.20. The maximum Gasteiger partial charge on any atom is 0.257 e. The number of aromatic amines is 1. The Labute approximate surface area is 130 Å². The van der Waals surface area contributed by atoms with Gasteiger partial charge >= 0.3 is 0 Å². The number of halogens is 2. The Balaban J connectivity index is 1.54. The molecule has 0 atom stereocenters. The molecule has 0 saturated carbocycles. The monoisotopic (exact) mass is 316 g/mol. The third-order valence-electron chi connectivity index (χ3n) is 3.28. The van der Waals surface area contributed by atoms with E-state index in [0.29, 0.717) is 12.5 Å². The van der Waals surface area contributed by atoms with Crippen molar-refractivity contribution in [1.29, 1.82) is 0 Å². The van der Waals surface area contributed by atoms with Gasteiger partial charge in [0.15, 0.2) is 0 Å². The zero-order valence-electron chi connectivity index (χ0n) is 12.1. The lowest BCUT2D eigenvalue weighted by Gasteiger charge is -2.07. The van der Waals surface area contributed by atoms with E-state index in [1.165, 1.54) is 6.07 Å². The number of hydrogen-bond acceptors (Lipinski definition) is 3. The number of nitrogens with zero attached hydrogens (tertiary/aromatic N) is 1. The molecule has 0 spiro atoms. The summed E-state index contributed by atoms with van der Waals surface area (Å²) in [7, 11) is 0. The number of para-hydroxylation sites is 2. The van der Waals surface area contributed by atoms with Crippen LogP contribution in [0.25, 0.3) is 11.0 Å². The van der Waals surface area contributed by atoms with E-state index in [1.54, 1.807) is 0 Å². The molecular weight excluding hydrogens is 302 g/mol. The van der Waals surface area contributed by atoms with Gasteiger partial charge in [0.1, 0.15) is 17.2 Å². The highest BCUT2D eigenvalue weighted by Crippen LogP contribution is 2.13. The minimum absolute atomic E-state index is 0.198. The number of imidazole rings is 1. The van der Waals surface area contributed by atoms with Crippen LogP contribution in [0.2, 0.25) is 0 Å². The Morgan fingerprint density at radius 2 is 1.78 bits per heavy atom. The average molecular weight is 316 g/mol. The number of aromatic nitrogens is 2. The van der Waals surface area contributed by atoms with Crippen molar-refractivity contribution in [2.45, 2.75) is 0 Å². The van der Waals surface area contributed by atoms with Crippen LogP contribution in [0.4, 0.5) is 14.7 Å². The van der Waals surface area contributed by atoms with Crippen molar-refractivity contribution in [2.75, 3.05) is 18.4 Å². The number of hydrogen-bond donors (Lipinski definition) is 3. The van der Waals surface area contributed by atoms with Crippen LogP contribution in [0.3, 0.4) is 0 Å². The van der Waals surface area contributed by atoms with Crippen molar-refractivity contribution >= 4 is 22.9 Å². The van der Waals surface area contributed by atoms with Gasteiger partial charge in [-0.05, 0) is 24.3 Å². The second kappa shape index (κ2) is 6.43. The van der Waals surface area contributed by atoms with Crippen LogP contribution in [0.5, 0.6) is 0 Å².